The molecule has 0 amide bonds. The minimum atomic E-state index is 0.0132. The zero-order valence-corrected chi connectivity index (χ0v) is 13.3. The molecule has 2 heterocycles. The molecule has 0 fully saturated rings. The lowest BCUT2D eigenvalue weighted by atomic mass is 10.1. The molecule has 21 heavy (non-hydrogen) atoms. The van der Waals surface area contributed by atoms with Crippen molar-refractivity contribution in [2.75, 3.05) is 7.05 Å². The summed E-state index contributed by atoms with van der Waals surface area (Å²) in [7, 11) is 1.94. The lowest BCUT2D eigenvalue weighted by Gasteiger charge is -2.12. The Morgan fingerprint density at radius 1 is 1.33 bits per heavy atom. The van der Waals surface area contributed by atoms with Crippen molar-refractivity contribution in [1.82, 2.24) is 14.9 Å². The third kappa shape index (κ3) is 2.71. The number of aromatic nitrogens is 2. The van der Waals surface area contributed by atoms with E-state index in [-0.39, 0.29) is 6.04 Å². The van der Waals surface area contributed by atoms with Crippen LogP contribution < -0.4 is 5.32 Å². The number of hydrogen-bond donors (Lipinski definition) is 1. The third-order valence-corrected chi connectivity index (χ3v) is 4.43. The maximum absolute atomic E-state index is 6.02. The molecule has 2 aromatic heterocycles. The van der Waals surface area contributed by atoms with Crippen LogP contribution in [0.15, 0.2) is 28.7 Å². The van der Waals surface area contributed by atoms with Gasteiger partial charge in [0, 0.05) is 5.39 Å². The summed E-state index contributed by atoms with van der Waals surface area (Å²) in [5.41, 5.74) is 3.23. The summed E-state index contributed by atoms with van der Waals surface area (Å²) in [6.45, 7) is 4.25. The fourth-order valence-corrected chi connectivity index (χ4v) is 3.39. The number of nitrogens with one attached hydrogen (secondary N) is 1. The van der Waals surface area contributed by atoms with Gasteiger partial charge in [-0.15, -0.1) is 5.10 Å². The molecule has 0 radical (unpaired) electrons. The highest BCUT2D eigenvalue weighted by molar-refractivity contribution is 7.05. The predicted octanol–water partition coefficient (Wildman–Crippen LogP) is 3.85. The molecule has 1 N–H and O–H groups in total. The van der Waals surface area contributed by atoms with Gasteiger partial charge in [-0.05, 0) is 50.1 Å². The van der Waals surface area contributed by atoms with Gasteiger partial charge < -0.3 is 9.73 Å². The topological polar surface area (TPSA) is 51.0 Å². The second kappa shape index (κ2) is 5.95. The van der Waals surface area contributed by atoms with Crippen molar-refractivity contribution < 1.29 is 4.42 Å². The fraction of sp³-hybridized carbons (Fsp3) is 0.375. The second-order valence-electron chi connectivity index (χ2n) is 5.25. The highest BCUT2D eigenvalue weighted by Crippen LogP contribution is 2.31. The van der Waals surface area contributed by atoms with Crippen molar-refractivity contribution >= 4 is 22.5 Å². The van der Waals surface area contributed by atoms with E-state index < -0.39 is 0 Å². The van der Waals surface area contributed by atoms with Crippen LogP contribution in [0.3, 0.4) is 0 Å². The van der Waals surface area contributed by atoms with E-state index in [4.69, 9.17) is 4.42 Å². The number of benzene rings is 1. The summed E-state index contributed by atoms with van der Waals surface area (Å²) < 4.78 is 10.1. The molecular weight excluding hydrogens is 282 g/mol. The minimum Gasteiger partial charge on any atom is -0.459 e. The molecule has 0 aliphatic carbocycles. The van der Waals surface area contributed by atoms with Gasteiger partial charge in [0.2, 0.25) is 0 Å². The highest BCUT2D eigenvalue weighted by atomic mass is 32.1. The van der Waals surface area contributed by atoms with Gasteiger partial charge in [0.05, 0.1) is 10.6 Å². The molecule has 1 aromatic carbocycles. The first-order valence-electron chi connectivity index (χ1n) is 7.21. The average molecular weight is 301 g/mol. The Labute approximate surface area is 128 Å². The van der Waals surface area contributed by atoms with E-state index in [1.165, 1.54) is 17.1 Å². The van der Waals surface area contributed by atoms with Crippen molar-refractivity contribution in [3.8, 4) is 0 Å². The van der Waals surface area contributed by atoms with E-state index in [1.54, 1.807) is 0 Å². The van der Waals surface area contributed by atoms with E-state index in [0.717, 1.165) is 40.1 Å². The lowest BCUT2D eigenvalue weighted by molar-refractivity contribution is 0.493. The molecule has 0 bridgehead atoms. The highest BCUT2D eigenvalue weighted by Gasteiger charge is 2.22. The average Bonchev–Trinajstić information content (AvgIpc) is 3.07. The number of furan rings is 1. The first kappa shape index (κ1) is 14.2. The molecule has 1 unspecified atom stereocenters. The van der Waals surface area contributed by atoms with Crippen LogP contribution in [0, 0.1) is 6.92 Å². The van der Waals surface area contributed by atoms with Crippen LogP contribution in [0.4, 0.5) is 0 Å². The number of fused-ring (bicyclic) bond motifs is 1. The molecule has 1 atom stereocenters. The number of aryl methyl sites for hydroxylation is 2. The molecule has 5 heteroatoms. The number of nitrogens with zero attached hydrogens (tertiary/aromatic N) is 2. The van der Waals surface area contributed by atoms with E-state index in [0.29, 0.717) is 0 Å². The van der Waals surface area contributed by atoms with Gasteiger partial charge in [-0.25, -0.2) is 0 Å². The smallest absolute Gasteiger partial charge is 0.134 e. The van der Waals surface area contributed by atoms with Gasteiger partial charge in [0.15, 0.2) is 0 Å². The zero-order valence-electron chi connectivity index (χ0n) is 12.5. The minimum absolute atomic E-state index is 0.0132. The van der Waals surface area contributed by atoms with Crippen molar-refractivity contribution in [2.45, 2.75) is 32.7 Å². The van der Waals surface area contributed by atoms with E-state index in [2.05, 4.69) is 47.0 Å². The molecule has 0 aliphatic rings. The van der Waals surface area contributed by atoms with Crippen LogP contribution in [0.25, 0.3) is 11.0 Å². The lowest BCUT2D eigenvalue weighted by Crippen LogP contribution is -2.17. The predicted molar refractivity (Wildman–Crippen MR) is 85.8 cm³/mol. The Kier molecular flexibility index (Phi) is 4.03. The van der Waals surface area contributed by atoms with Crippen molar-refractivity contribution in [3.05, 3.63) is 46.2 Å². The Bertz CT molecular complexity index is 747. The summed E-state index contributed by atoms with van der Waals surface area (Å²) in [5, 5.41) is 8.73. The Balaban J connectivity index is 2.03. The van der Waals surface area contributed by atoms with Crippen molar-refractivity contribution in [3.63, 3.8) is 0 Å². The van der Waals surface area contributed by atoms with E-state index >= 15 is 0 Å². The normalized spacial score (nSPS) is 12.9. The summed E-state index contributed by atoms with van der Waals surface area (Å²) in [6.07, 6.45) is 2.01. The van der Waals surface area contributed by atoms with Crippen LogP contribution >= 0.6 is 11.5 Å². The monoisotopic (exact) mass is 301 g/mol. The van der Waals surface area contributed by atoms with Crippen LogP contribution in [0.5, 0.6) is 0 Å². The van der Waals surface area contributed by atoms with Gasteiger partial charge in [-0.2, -0.15) is 0 Å². The van der Waals surface area contributed by atoms with Gasteiger partial charge in [0.1, 0.15) is 17.4 Å². The van der Waals surface area contributed by atoms with Gasteiger partial charge in [-0.3, -0.25) is 0 Å². The SMILES string of the molecule is CCCc1nnsc1C(NC)c1cc2cc(C)ccc2o1. The largest absolute Gasteiger partial charge is 0.459 e. The molecule has 4 nitrogen and oxygen atoms in total. The first-order valence-corrected chi connectivity index (χ1v) is 7.98. The fourth-order valence-electron chi connectivity index (χ4n) is 2.57. The summed E-state index contributed by atoms with van der Waals surface area (Å²) >= 11 is 1.45. The molecule has 3 rings (SSSR count). The maximum Gasteiger partial charge on any atom is 0.134 e. The van der Waals surface area contributed by atoms with E-state index in [1.807, 2.05) is 13.1 Å². The number of hydrogen-bond acceptors (Lipinski definition) is 5. The third-order valence-electron chi connectivity index (χ3n) is 3.60. The Hall–Kier alpha value is -1.72. The van der Waals surface area contributed by atoms with Crippen LogP contribution in [0.1, 0.15) is 41.3 Å². The quantitative estimate of drug-likeness (QED) is 0.777. The first-order chi connectivity index (χ1) is 10.2. The Morgan fingerprint density at radius 2 is 2.19 bits per heavy atom. The van der Waals surface area contributed by atoms with Gasteiger partial charge in [0.25, 0.3) is 0 Å². The molecule has 0 spiro atoms. The van der Waals surface area contributed by atoms with Crippen molar-refractivity contribution in [2.24, 2.45) is 0 Å². The van der Waals surface area contributed by atoms with Crippen LogP contribution in [-0.4, -0.2) is 16.6 Å². The zero-order chi connectivity index (χ0) is 14.8. The molecule has 0 saturated heterocycles. The molecule has 0 saturated carbocycles. The summed E-state index contributed by atoms with van der Waals surface area (Å²) in [5.74, 6) is 0.918. The second-order valence-corrected chi connectivity index (χ2v) is 6.03. The van der Waals surface area contributed by atoms with E-state index in [9.17, 15) is 0 Å². The molecule has 3 aromatic rings. The Morgan fingerprint density at radius 3 is 2.95 bits per heavy atom. The molecule has 0 aliphatic heterocycles. The standard InChI is InChI=1S/C16H19N3OS/c1-4-5-12-16(21-19-18-12)15(17-3)14-9-11-8-10(2)6-7-13(11)20-14/h6-9,15,17H,4-5H2,1-3H3. The van der Waals surface area contributed by atoms with Gasteiger partial charge in [-0.1, -0.05) is 29.5 Å². The van der Waals surface area contributed by atoms with Crippen LogP contribution in [-0.2, 0) is 6.42 Å². The summed E-state index contributed by atoms with van der Waals surface area (Å²) in [6, 6.07) is 8.37. The van der Waals surface area contributed by atoms with Crippen molar-refractivity contribution in [1.29, 1.82) is 0 Å². The maximum atomic E-state index is 6.02. The van der Waals surface area contributed by atoms with Gasteiger partial charge >= 0.3 is 0 Å². The van der Waals surface area contributed by atoms with Crippen LogP contribution in [0.2, 0.25) is 0 Å². The molecular formula is C16H19N3OS. The molecule has 110 valence electrons. The summed E-state index contributed by atoms with van der Waals surface area (Å²) in [4.78, 5) is 1.15. The number of rotatable bonds is 5.